The zero-order chi connectivity index (χ0) is 15.8. The van der Waals surface area contributed by atoms with E-state index in [1.807, 2.05) is 30.3 Å². The number of phenols is 1. The number of rotatable bonds is 2. The molecule has 0 aliphatic carbocycles. The highest BCUT2D eigenvalue weighted by atomic mass is 16.3. The number of aromatic nitrogens is 2. The summed E-state index contributed by atoms with van der Waals surface area (Å²) in [6.45, 7) is 0.658. The molecule has 0 saturated heterocycles. The molecule has 3 heterocycles. The van der Waals surface area contributed by atoms with Gasteiger partial charge in [-0.3, -0.25) is 9.78 Å². The van der Waals surface area contributed by atoms with Crippen molar-refractivity contribution in [2.75, 3.05) is 6.54 Å². The van der Waals surface area contributed by atoms with Gasteiger partial charge in [0.05, 0.1) is 11.3 Å². The van der Waals surface area contributed by atoms with Gasteiger partial charge in [0, 0.05) is 41.7 Å². The maximum Gasteiger partial charge on any atom is 0.253 e. The molecule has 23 heavy (non-hydrogen) atoms. The van der Waals surface area contributed by atoms with Crippen molar-refractivity contribution in [3.8, 4) is 28.3 Å². The number of benzene rings is 1. The molecule has 3 N–H and O–H groups in total. The Labute approximate surface area is 133 Å². The van der Waals surface area contributed by atoms with E-state index in [1.165, 1.54) is 0 Å². The summed E-state index contributed by atoms with van der Waals surface area (Å²) < 4.78 is 0. The van der Waals surface area contributed by atoms with Gasteiger partial charge in [0.1, 0.15) is 5.75 Å². The Balaban J connectivity index is 1.78. The van der Waals surface area contributed by atoms with Crippen LogP contribution in [0.5, 0.6) is 5.75 Å². The van der Waals surface area contributed by atoms with Gasteiger partial charge in [-0.1, -0.05) is 12.1 Å². The Morgan fingerprint density at radius 1 is 1.09 bits per heavy atom. The zero-order valence-electron chi connectivity index (χ0n) is 12.3. The molecule has 0 unspecified atom stereocenters. The molecule has 0 saturated carbocycles. The number of carbonyl (C=O) groups excluding carboxylic acids is 1. The lowest BCUT2D eigenvalue weighted by molar-refractivity contribution is 0.0946. The van der Waals surface area contributed by atoms with Gasteiger partial charge in [-0.15, -0.1) is 0 Å². The van der Waals surface area contributed by atoms with Gasteiger partial charge in [0.15, 0.2) is 0 Å². The fraction of sp³-hybridized carbons (Fsp3) is 0.111. The summed E-state index contributed by atoms with van der Waals surface area (Å²) in [5.74, 6) is 0.158. The van der Waals surface area contributed by atoms with Crippen LogP contribution < -0.4 is 5.32 Å². The molecule has 0 atom stereocenters. The summed E-state index contributed by atoms with van der Waals surface area (Å²) >= 11 is 0. The van der Waals surface area contributed by atoms with Gasteiger partial charge < -0.3 is 15.4 Å². The molecule has 3 aromatic rings. The van der Waals surface area contributed by atoms with Crippen LogP contribution >= 0.6 is 0 Å². The molecule has 0 radical (unpaired) electrons. The molecule has 0 bridgehead atoms. The molecule has 0 spiro atoms. The van der Waals surface area contributed by atoms with E-state index in [4.69, 9.17) is 0 Å². The van der Waals surface area contributed by atoms with Crippen molar-refractivity contribution >= 4 is 5.91 Å². The highest BCUT2D eigenvalue weighted by Gasteiger charge is 2.20. The minimum absolute atomic E-state index is 0.0382. The van der Waals surface area contributed by atoms with Crippen molar-refractivity contribution in [2.45, 2.75) is 6.42 Å². The molecule has 2 aromatic heterocycles. The van der Waals surface area contributed by atoms with E-state index in [-0.39, 0.29) is 11.7 Å². The molecular formula is C18H15N3O2. The molecular weight excluding hydrogens is 290 g/mol. The number of pyridine rings is 1. The van der Waals surface area contributed by atoms with Crippen LogP contribution in [-0.2, 0) is 6.42 Å². The van der Waals surface area contributed by atoms with Crippen LogP contribution in [0.1, 0.15) is 16.1 Å². The van der Waals surface area contributed by atoms with E-state index < -0.39 is 0 Å². The number of para-hydroxylation sites is 1. The van der Waals surface area contributed by atoms with Crippen molar-refractivity contribution in [2.24, 2.45) is 0 Å². The number of H-pyrrole nitrogens is 1. The molecule has 0 fully saturated rings. The molecule has 1 aliphatic heterocycles. The van der Waals surface area contributed by atoms with Crippen LogP contribution in [0.25, 0.3) is 22.5 Å². The molecule has 5 heteroatoms. The van der Waals surface area contributed by atoms with E-state index in [0.717, 1.165) is 23.4 Å². The Morgan fingerprint density at radius 2 is 1.96 bits per heavy atom. The van der Waals surface area contributed by atoms with Gasteiger partial charge in [0.25, 0.3) is 5.91 Å². The third-order valence-electron chi connectivity index (χ3n) is 4.06. The quantitative estimate of drug-likeness (QED) is 0.681. The van der Waals surface area contributed by atoms with Gasteiger partial charge in [0.2, 0.25) is 0 Å². The summed E-state index contributed by atoms with van der Waals surface area (Å²) in [5.41, 5.74) is 4.85. The molecule has 114 valence electrons. The molecule has 5 nitrogen and oxygen atoms in total. The maximum absolute atomic E-state index is 11.9. The molecule has 1 aromatic carbocycles. The number of hydrogen-bond donors (Lipinski definition) is 3. The first kappa shape index (κ1) is 13.6. The SMILES string of the molecule is O=C1NCCc2[nH]c(-c3ccnc(-c4ccccc4O)c3)cc21. The highest BCUT2D eigenvalue weighted by Crippen LogP contribution is 2.30. The Hall–Kier alpha value is -3.08. The third-order valence-corrected chi connectivity index (χ3v) is 4.06. The van der Waals surface area contributed by atoms with Gasteiger partial charge in [-0.05, 0) is 30.3 Å². The number of aromatic amines is 1. The second-order valence-corrected chi connectivity index (χ2v) is 5.53. The maximum atomic E-state index is 11.9. The average molecular weight is 305 g/mol. The smallest absolute Gasteiger partial charge is 0.253 e. The van der Waals surface area contributed by atoms with Gasteiger partial charge in [-0.25, -0.2) is 0 Å². The monoisotopic (exact) mass is 305 g/mol. The summed E-state index contributed by atoms with van der Waals surface area (Å²) in [6.07, 6.45) is 2.51. The van der Waals surface area contributed by atoms with Crippen molar-refractivity contribution in [1.82, 2.24) is 15.3 Å². The predicted octanol–water partition coefficient (Wildman–Crippen LogP) is 2.74. The van der Waals surface area contributed by atoms with Crippen molar-refractivity contribution in [1.29, 1.82) is 0 Å². The van der Waals surface area contributed by atoms with E-state index in [2.05, 4.69) is 15.3 Å². The normalized spacial score (nSPS) is 13.5. The fourth-order valence-electron chi connectivity index (χ4n) is 2.88. The van der Waals surface area contributed by atoms with Crippen LogP contribution in [0.4, 0.5) is 0 Å². The topological polar surface area (TPSA) is 78.0 Å². The van der Waals surface area contributed by atoms with E-state index in [1.54, 1.807) is 18.3 Å². The number of nitrogens with one attached hydrogen (secondary N) is 2. The standard InChI is InChI=1S/C18H15N3O2/c22-17-4-2-1-3-12(17)16-9-11(5-7-19-16)15-10-13-14(21-15)6-8-20-18(13)23/h1-5,7,9-10,21-22H,6,8H2,(H,20,23). The number of aromatic hydroxyl groups is 1. The minimum Gasteiger partial charge on any atom is -0.507 e. The molecule has 1 amide bonds. The summed E-state index contributed by atoms with van der Waals surface area (Å²) in [5, 5.41) is 12.8. The lowest BCUT2D eigenvalue weighted by Gasteiger charge is -2.11. The van der Waals surface area contributed by atoms with Gasteiger partial charge >= 0.3 is 0 Å². The lowest BCUT2D eigenvalue weighted by Crippen LogP contribution is -2.31. The first-order chi connectivity index (χ1) is 11.2. The highest BCUT2D eigenvalue weighted by molar-refractivity contribution is 5.97. The van der Waals surface area contributed by atoms with Crippen LogP contribution in [-0.4, -0.2) is 27.5 Å². The van der Waals surface area contributed by atoms with Crippen LogP contribution in [0, 0.1) is 0 Å². The van der Waals surface area contributed by atoms with E-state index in [9.17, 15) is 9.90 Å². The first-order valence-corrected chi connectivity index (χ1v) is 7.47. The fourth-order valence-corrected chi connectivity index (χ4v) is 2.88. The van der Waals surface area contributed by atoms with Crippen LogP contribution in [0.15, 0.2) is 48.7 Å². The predicted molar refractivity (Wildman–Crippen MR) is 87.2 cm³/mol. The van der Waals surface area contributed by atoms with E-state index >= 15 is 0 Å². The van der Waals surface area contributed by atoms with E-state index in [0.29, 0.717) is 23.4 Å². The lowest BCUT2D eigenvalue weighted by atomic mass is 10.1. The number of amides is 1. The average Bonchev–Trinajstić information content (AvgIpc) is 3.01. The Morgan fingerprint density at radius 3 is 2.78 bits per heavy atom. The Bertz CT molecular complexity index is 899. The first-order valence-electron chi connectivity index (χ1n) is 7.47. The zero-order valence-corrected chi connectivity index (χ0v) is 12.3. The van der Waals surface area contributed by atoms with Crippen molar-refractivity contribution in [3.63, 3.8) is 0 Å². The van der Waals surface area contributed by atoms with Crippen LogP contribution in [0.2, 0.25) is 0 Å². The second kappa shape index (κ2) is 5.28. The second-order valence-electron chi connectivity index (χ2n) is 5.53. The van der Waals surface area contributed by atoms with Crippen molar-refractivity contribution in [3.05, 3.63) is 59.9 Å². The molecule has 4 rings (SSSR count). The summed E-state index contributed by atoms with van der Waals surface area (Å²) in [6, 6.07) is 12.8. The number of hydrogen-bond acceptors (Lipinski definition) is 3. The summed E-state index contributed by atoms with van der Waals surface area (Å²) in [4.78, 5) is 19.5. The van der Waals surface area contributed by atoms with Crippen molar-refractivity contribution < 1.29 is 9.90 Å². The summed E-state index contributed by atoms with van der Waals surface area (Å²) in [7, 11) is 0. The number of carbonyl (C=O) groups is 1. The van der Waals surface area contributed by atoms with Crippen LogP contribution in [0.3, 0.4) is 0 Å². The number of nitrogens with zero attached hydrogens (tertiary/aromatic N) is 1. The largest absolute Gasteiger partial charge is 0.507 e. The molecule has 1 aliphatic rings. The van der Waals surface area contributed by atoms with Gasteiger partial charge in [-0.2, -0.15) is 0 Å². The third kappa shape index (κ3) is 2.36. The Kier molecular flexibility index (Phi) is 3.12. The minimum atomic E-state index is -0.0382. The number of fused-ring (bicyclic) bond motifs is 1. The number of phenolic OH excluding ortho intramolecular Hbond substituents is 1.